The molecule has 3 heterocycles. The number of rotatable bonds is 2. The number of alkyl halides is 1. The molecule has 0 bridgehead atoms. The maximum atomic E-state index is 14.0. The number of pyridine rings is 1. The minimum Gasteiger partial charge on any atom is -0.381 e. The Bertz CT molecular complexity index is 821. The summed E-state index contributed by atoms with van der Waals surface area (Å²) in [5.41, 5.74) is 5.09. The summed E-state index contributed by atoms with van der Waals surface area (Å²) in [6, 6.07) is 1.62. The standard InChI is InChI=1S/C13H12F2N6/c1-13(2,15)6-3-7-9(20-21-11(7)17-4-6)12-18-5-8(14)10(16)19-12/h3-5H,1-2H3,(H2,16,18,19)(H,17,20,21). The van der Waals surface area contributed by atoms with E-state index >= 15 is 0 Å². The minimum absolute atomic E-state index is 0.173. The SMILES string of the molecule is CC(C)(F)c1cnc2n[nH]c(-c3ncc(F)c(N)n3)c2c1. The monoisotopic (exact) mass is 290 g/mol. The molecular formula is C13H12F2N6. The Morgan fingerprint density at radius 2 is 2.00 bits per heavy atom. The van der Waals surface area contributed by atoms with Gasteiger partial charge in [0.2, 0.25) is 0 Å². The predicted molar refractivity (Wildman–Crippen MR) is 73.4 cm³/mol. The second-order valence-corrected chi connectivity index (χ2v) is 5.09. The van der Waals surface area contributed by atoms with Crippen molar-refractivity contribution in [2.24, 2.45) is 0 Å². The van der Waals surface area contributed by atoms with Gasteiger partial charge in [-0.1, -0.05) is 0 Å². The van der Waals surface area contributed by atoms with Gasteiger partial charge in [-0.05, 0) is 19.9 Å². The topological polar surface area (TPSA) is 93.4 Å². The molecule has 0 radical (unpaired) electrons. The molecule has 0 saturated carbocycles. The van der Waals surface area contributed by atoms with E-state index < -0.39 is 11.5 Å². The minimum atomic E-state index is -1.54. The number of hydrogen-bond donors (Lipinski definition) is 2. The molecule has 3 aromatic rings. The summed E-state index contributed by atoms with van der Waals surface area (Å²) in [5, 5.41) is 7.26. The van der Waals surface area contributed by atoms with Gasteiger partial charge in [0.05, 0.1) is 11.6 Å². The summed E-state index contributed by atoms with van der Waals surface area (Å²) in [5.74, 6) is -0.795. The fourth-order valence-electron chi connectivity index (χ4n) is 1.90. The van der Waals surface area contributed by atoms with Gasteiger partial charge >= 0.3 is 0 Å². The number of nitrogen functional groups attached to an aromatic ring is 1. The van der Waals surface area contributed by atoms with Gasteiger partial charge in [-0.3, -0.25) is 5.10 Å². The number of halogens is 2. The fraction of sp³-hybridized carbons (Fsp3) is 0.231. The van der Waals surface area contributed by atoms with Crippen LogP contribution in [0.5, 0.6) is 0 Å². The first-order chi connectivity index (χ1) is 9.86. The van der Waals surface area contributed by atoms with Crippen molar-refractivity contribution in [3.8, 4) is 11.5 Å². The number of aromatic amines is 1. The highest BCUT2D eigenvalue weighted by molar-refractivity contribution is 5.89. The molecular weight excluding hydrogens is 278 g/mol. The van der Waals surface area contributed by atoms with Crippen LogP contribution >= 0.6 is 0 Å². The predicted octanol–water partition coefficient (Wildman–Crippen LogP) is 2.34. The van der Waals surface area contributed by atoms with Crippen LogP contribution in [0.2, 0.25) is 0 Å². The summed E-state index contributed by atoms with van der Waals surface area (Å²) >= 11 is 0. The van der Waals surface area contributed by atoms with Crippen molar-refractivity contribution < 1.29 is 8.78 Å². The van der Waals surface area contributed by atoms with E-state index in [1.807, 2.05) is 0 Å². The van der Waals surface area contributed by atoms with Gasteiger partial charge in [-0.25, -0.2) is 23.7 Å². The molecule has 0 aromatic carbocycles. The Kier molecular flexibility index (Phi) is 2.82. The second-order valence-electron chi connectivity index (χ2n) is 5.09. The van der Waals surface area contributed by atoms with Gasteiger partial charge in [0.25, 0.3) is 0 Å². The highest BCUT2D eigenvalue weighted by Gasteiger charge is 2.22. The van der Waals surface area contributed by atoms with Crippen LogP contribution in [0.1, 0.15) is 19.4 Å². The highest BCUT2D eigenvalue weighted by atomic mass is 19.1. The van der Waals surface area contributed by atoms with Gasteiger partial charge in [0.1, 0.15) is 11.4 Å². The molecule has 21 heavy (non-hydrogen) atoms. The van der Waals surface area contributed by atoms with E-state index in [0.717, 1.165) is 6.20 Å². The van der Waals surface area contributed by atoms with E-state index in [2.05, 4.69) is 25.1 Å². The number of aromatic nitrogens is 5. The number of nitrogens with zero attached hydrogens (tertiary/aromatic N) is 4. The van der Waals surface area contributed by atoms with Crippen LogP contribution in [0.25, 0.3) is 22.6 Å². The third kappa shape index (κ3) is 2.28. The van der Waals surface area contributed by atoms with Crippen LogP contribution in [-0.4, -0.2) is 25.1 Å². The van der Waals surface area contributed by atoms with Crippen molar-refractivity contribution in [3.05, 3.63) is 29.8 Å². The highest BCUT2D eigenvalue weighted by Crippen LogP contribution is 2.29. The maximum Gasteiger partial charge on any atom is 0.183 e. The molecule has 3 aromatic heterocycles. The lowest BCUT2D eigenvalue weighted by Crippen LogP contribution is -2.09. The molecule has 0 fully saturated rings. The van der Waals surface area contributed by atoms with Gasteiger partial charge < -0.3 is 5.73 Å². The smallest absolute Gasteiger partial charge is 0.183 e. The van der Waals surface area contributed by atoms with Gasteiger partial charge in [-0.15, -0.1) is 0 Å². The number of nitrogens with two attached hydrogens (primary N) is 1. The summed E-state index contributed by atoms with van der Waals surface area (Å²) in [7, 11) is 0. The van der Waals surface area contributed by atoms with Crippen LogP contribution in [0, 0.1) is 5.82 Å². The third-order valence-electron chi connectivity index (χ3n) is 3.09. The average molecular weight is 290 g/mol. The molecule has 0 atom stereocenters. The molecule has 0 aliphatic heterocycles. The molecule has 6 nitrogen and oxygen atoms in total. The first-order valence-corrected chi connectivity index (χ1v) is 6.18. The van der Waals surface area contributed by atoms with Crippen LogP contribution < -0.4 is 5.73 Å². The number of H-pyrrole nitrogens is 1. The third-order valence-corrected chi connectivity index (χ3v) is 3.09. The second kappa shape index (κ2) is 4.44. The van der Waals surface area contributed by atoms with Crippen molar-refractivity contribution in [1.29, 1.82) is 0 Å². The summed E-state index contributed by atoms with van der Waals surface area (Å²) < 4.78 is 27.2. The van der Waals surface area contributed by atoms with Crippen molar-refractivity contribution in [2.75, 3.05) is 5.73 Å². The fourth-order valence-corrected chi connectivity index (χ4v) is 1.90. The lowest BCUT2D eigenvalue weighted by Gasteiger charge is -2.13. The van der Waals surface area contributed by atoms with Crippen LogP contribution in [-0.2, 0) is 5.67 Å². The normalized spacial score (nSPS) is 12.0. The Morgan fingerprint density at radius 3 is 2.67 bits per heavy atom. The summed E-state index contributed by atoms with van der Waals surface area (Å²) in [4.78, 5) is 11.8. The van der Waals surface area contributed by atoms with E-state index in [1.165, 1.54) is 20.0 Å². The number of hydrogen-bond acceptors (Lipinski definition) is 5. The zero-order valence-electron chi connectivity index (χ0n) is 11.4. The molecule has 0 amide bonds. The zero-order valence-corrected chi connectivity index (χ0v) is 11.4. The number of fused-ring (bicyclic) bond motifs is 1. The molecule has 108 valence electrons. The molecule has 0 spiro atoms. The molecule has 8 heteroatoms. The lowest BCUT2D eigenvalue weighted by molar-refractivity contribution is 0.221. The maximum absolute atomic E-state index is 14.0. The van der Waals surface area contributed by atoms with E-state index in [4.69, 9.17) is 5.73 Å². The number of nitrogens with one attached hydrogen (secondary N) is 1. The van der Waals surface area contributed by atoms with E-state index in [1.54, 1.807) is 6.07 Å². The number of anilines is 1. The lowest BCUT2D eigenvalue weighted by atomic mass is 10.0. The van der Waals surface area contributed by atoms with Crippen molar-refractivity contribution in [3.63, 3.8) is 0 Å². The first-order valence-electron chi connectivity index (χ1n) is 6.18. The summed E-state index contributed by atoms with van der Waals surface area (Å²) in [6.45, 7) is 2.87. The molecule has 0 aliphatic rings. The molecule has 3 rings (SSSR count). The first kappa shape index (κ1) is 13.3. The van der Waals surface area contributed by atoms with Crippen molar-refractivity contribution in [2.45, 2.75) is 19.5 Å². The molecule has 0 unspecified atom stereocenters. The van der Waals surface area contributed by atoms with E-state index in [-0.39, 0.29) is 11.6 Å². The van der Waals surface area contributed by atoms with Gasteiger partial charge in [0, 0.05) is 11.8 Å². The quantitative estimate of drug-likeness (QED) is 0.755. The van der Waals surface area contributed by atoms with Crippen LogP contribution in [0.4, 0.5) is 14.6 Å². The summed E-state index contributed by atoms with van der Waals surface area (Å²) in [6.07, 6.45) is 2.40. The Morgan fingerprint density at radius 1 is 1.24 bits per heavy atom. The largest absolute Gasteiger partial charge is 0.381 e. The van der Waals surface area contributed by atoms with Gasteiger partial charge in [0.15, 0.2) is 23.1 Å². The van der Waals surface area contributed by atoms with E-state index in [0.29, 0.717) is 22.3 Å². The van der Waals surface area contributed by atoms with E-state index in [9.17, 15) is 8.78 Å². The Balaban J connectivity index is 2.20. The molecule has 0 saturated heterocycles. The molecule has 0 aliphatic carbocycles. The molecule has 3 N–H and O–H groups in total. The Labute approximate surface area is 118 Å². The van der Waals surface area contributed by atoms with Gasteiger partial charge in [-0.2, -0.15) is 5.10 Å². The van der Waals surface area contributed by atoms with Crippen LogP contribution in [0.15, 0.2) is 18.5 Å². The van der Waals surface area contributed by atoms with Crippen molar-refractivity contribution in [1.82, 2.24) is 25.1 Å². The average Bonchev–Trinajstić information content (AvgIpc) is 2.84. The van der Waals surface area contributed by atoms with Crippen molar-refractivity contribution >= 4 is 16.9 Å². The zero-order chi connectivity index (χ0) is 15.2. The Hall–Kier alpha value is -2.64. The van der Waals surface area contributed by atoms with Crippen LogP contribution in [0.3, 0.4) is 0 Å².